The second-order valence-electron chi connectivity index (χ2n) is 3.56. The Morgan fingerprint density at radius 2 is 2.22 bits per heavy atom. The second kappa shape index (κ2) is 5.41. The quantitative estimate of drug-likeness (QED) is 0.836. The topological polar surface area (TPSA) is 66.1 Å². The smallest absolute Gasteiger partial charge is 0.245 e. The van der Waals surface area contributed by atoms with Crippen LogP contribution < -0.4 is 0 Å². The van der Waals surface area contributed by atoms with Crippen molar-refractivity contribution in [3.05, 3.63) is 31.6 Å². The highest BCUT2D eigenvalue weighted by Gasteiger charge is 2.25. The van der Waals surface area contributed by atoms with Crippen LogP contribution in [0.4, 0.5) is 0 Å². The lowest BCUT2D eigenvalue weighted by molar-refractivity contribution is 0.467. The Morgan fingerprint density at radius 3 is 2.72 bits per heavy atom. The Labute approximate surface area is 126 Å². The molecule has 0 unspecified atom stereocenters. The van der Waals surface area contributed by atoms with Crippen LogP contribution in [0.25, 0.3) is 0 Å². The highest BCUT2D eigenvalue weighted by molar-refractivity contribution is 9.12. The Balaban J connectivity index is 2.28. The Bertz CT molecular complexity index is 637. The summed E-state index contributed by atoms with van der Waals surface area (Å²) >= 11 is 7.87. The molecule has 0 fully saturated rings. The Morgan fingerprint density at radius 1 is 1.50 bits per heavy atom. The minimum absolute atomic E-state index is 0.269. The SMILES string of the molecule is CN(Cc1cn[nH]c1)S(=O)(=O)c1cc(Br)sc1Br. The van der Waals surface area contributed by atoms with E-state index < -0.39 is 10.0 Å². The molecule has 0 aliphatic carbocycles. The standard InChI is InChI=1S/C9H9Br2N3O2S2/c1-14(5-6-3-12-13-4-6)18(15,16)7-2-8(10)17-9(7)11/h2-4H,5H2,1H3,(H,12,13). The predicted octanol–water partition coefficient (Wildman–Crippen LogP) is 2.82. The van der Waals surface area contributed by atoms with E-state index in [1.807, 2.05) is 0 Å². The van der Waals surface area contributed by atoms with E-state index in [9.17, 15) is 8.42 Å². The first kappa shape index (κ1) is 14.2. The average Bonchev–Trinajstić information content (AvgIpc) is 2.88. The van der Waals surface area contributed by atoms with Crippen molar-refractivity contribution in [3.8, 4) is 0 Å². The Hall–Kier alpha value is -0.220. The van der Waals surface area contributed by atoms with E-state index in [4.69, 9.17) is 0 Å². The van der Waals surface area contributed by atoms with Crippen molar-refractivity contribution in [2.24, 2.45) is 0 Å². The van der Waals surface area contributed by atoms with Crippen LogP contribution in [0.2, 0.25) is 0 Å². The van der Waals surface area contributed by atoms with Crippen LogP contribution in [0.15, 0.2) is 30.9 Å². The van der Waals surface area contributed by atoms with Gasteiger partial charge in [0.1, 0.15) is 4.90 Å². The normalized spacial score (nSPS) is 12.2. The molecule has 2 rings (SSSR count). The molecule has 0 amide bonds. The fourth-order valence-corrected chi connectivity index (χ4v) is 6.29. The van der Waals surface area contributed by atoms with Crippen LogP contribution in [-0.4, -0.2) is 30.0 Å². The number of hydrogen-bond donors (Lipinski definition) is 1. The highest BCUT2D eigenvalue weighted by Crippen LogP contribution is 2.36. The summed E-state index contributed by atoms with van der Waals surface area (Å²) in [5, 5.41) is 6.45. The first-order valence-electron chi connectivity index (χ1n) is 4.80. The molecule has 0 spiro atoms. The summed E-state index contributed by atoms with van der Waals surface area (Å²) < 4.78 is 27.3. The van der Waals surface area contributed by atoms with E-state index in [1.165, 1.54) is 15.6 Å². The van der Waals surface area contributed by atoms with Crippen molar-refractivity contribution in [2.75, 3.05) is 7.05 Å². The molecular weight excluding hydrogens is 406 g/mol. The van der Waals surface area contributed by atoms with Crippen LogP contribution in [0.1, 0.15) is 5.56 Å². The number of H-pyrrole nitrogens is 1. The van der Waals surface area contributed by atoms with Crippen molar-refractivity contribution in [2.45, 2.75) is 11.4 Å². The van der Waals surface area contributed by atoms with Gasteiger partial charge in [-0.1, -0.05) is 0 Å². The van der Waals surface area contributed by atoms with E-state index >= 15 is 0 Å². The highest BCUT2D eigenvalue weighted by atomic mass is 79.9. The molecule has 0 radical (unpaired) electrons. The second-order valence-corrected chi connectivity index (χ2v) is 9.32. The molecule has 0 atom stereocenters. The molecule has 0 saturated heterocycles. The van der Waals surface area contributed by atoms with Crippen LogP contribution in [-0.2, 0) is 16.6 Å². The van der Waals surface area contributed by atoms with Crippen molar-refractivity contribution in [1.29, 1.82) is 0 Å². The summed E-state index contributed by atoms with van der Waals surface area (Å²) in [6.07, 6.45) is 3.27. The number of nitrogens with zero attached hydrogens (tertiary/aromatic N) is 2. The molecule has 0 saturated carbocycles. The van der Waals surface area contributed by atoms with Gasteiger partial charge in [0.05, 0.1) is 13.8 Å². The molecule has 1 N–H and O–H groups in total. The zero-order chi connectivity index (χ0) is 13.3. The van der Waals surface area contributed by atoms with Gasteiger partial charge in [-0.2, -0.15) is 9.40 Å². The monoisotopic (exact) mass is 413 g/mol. The molecule has 98 valence electrons. The number of aromatic nitrogens is 2. The van der Waals surface area contributed by atoms with Crippen LogP contribution in [0, 0.1) is 0 Å². The van der Waals surface area contributed by atoms with Gasteiger partial charge in [-0.05, 0) is 37.9 Å². The number of rotatable bonds is 4. The van der Waals surface area contributed by atoms with E-state index in [0.717, 1.165) is 9.35 Å². The predicted molar refractivity (Wildman–Crippen MR) is 77.0 cm³/mol. The lowest BCUT2D eigenvalue weighted by Gasteiger charge is -2.15. The minimum atomic E-state index is -3.50. The zero-order valence-corrected chi connectivity index (χ0v) is 14.0. The molecule has 2 aromatic rings. The molecule has 0 aliphatic rings. The zero-order valence-electron chi connectivity index (χ0n) is 9.22. The summed E-state index contributed by atoms with van der Waals surface area (Å²) in [6, 6.07) is 1.59. The molecule has 5 nitrogen and oxygen atoms in total. The van der Waals surface area contributed by atoms with Crippen LogP contribution in [0.3, 0.4) is 0 Å². The Kier molecular flexibility index (Phi) is 4.27. The average molecular weight is 415 g/mol. The van der Waals surface area contributed by atoms with Gasteiger partial charge in [0, 0.05) is 25.4 Å². The van der Waals surface area contributed by atoms with Crippen molar-refractivity contribution in [1.82, 2.24) is 14.5 Å². The van der Waals surface area contributed by atoms with Gasteiger partial charge in [-0.25, -0.2) is 8.42 Å². The summed E-state index contributed by atoms with van der Waals surface area (Å²) in [6.45, 7) is 0.277. The van der Waals surface area contributed by atoms with Gasteiger partial charge in [0.15, 0.2) is 0 Å². The molecule has 2 heterocycles. The third kappa shape index (κ3) is 2.85. The number of thiophene rings is 1. The number of aromatic amines is 1. The first-order valence-corrected chi connectivity index (χ1v) is 8.64. The van der Waals surface area contributed by atoms with Gasteiger partial charge in [0.2, 0.25) is 10.0 Å². The fourth-order valence-electron chi connectivity index (χ4n) is 1.38. The fraction of sp³-hybridized carbons (Fsp3) is 0.222. The largest absolute Gasteiger partial charge is 0.285 e. The van der Waals surface area contributed by atoms with E-state index in [0.29, 0.717) is 3.79 Å². The van der Waals surface area contributed by atoms with Gasteiger partial charge < -0.3 is 0 Å². The maximum absolute atomic E-state index is 12.3. The third-order valence-corrected chi connectivity index (χ3v) is 6.83. The number of halogens is 2. The maximum Gasteiger partial charge on any atom is 0.245 e. The van der Waals surface area contributed by atoms with Gasteiger partial charge in [-0.15, -0.1) is 11.3 Å². The summed E-state index contributed by atoms with van der Waals surface area (Å²) in [5.41, 5.74) is 0.812. The van der Waals surface area contributed by atoms with Crippen LogP contribution in [0.5, 0.6) is 0 Å². The lowest BCUT2D eigenvalue weighted by atomic mass is 10.4. The number of nitrogens with one attached hydrogen (secondary N) is 1. The van der Waals surface area contributed by atoms with Crippen molar-refractivity contribution >= 4 is 53.2 Å². The third-order valence-electron chi connectivity index (χ3n) is 2.27. The summed E-state index contributed by atoms with van der Waals surface area (Å²) in [4.78, 5) is 0.269. The van der Waals surface area contributed by atoms with Gasteiger partial charge in [0.25, 0.3) is 0 Å². The molecule has 0 aliphatic heterocycles. The molecule has 9 heteroatoms. The molecular formula is C9H9Br2N3O2S2. The summed E-state index contributed by atoms with van der Waals surface area (Å²) in [5.74, 6) is 0. The van der Waals surface area contributed by atoms with Gasteiger partial charge in [-0.3, -0.25) is 5.10 Å². The number of sulfonamides is 1. The van der Waals surface area contributed by atoms with E-state index in [-0.39, 0.29) is 11.4 Å². The van der Waals surface area contributed by atoms with Gasteiger partial charge >= 0.3 is 0 Å². The molecule has 2 aromatic heterocycles. The number of hydrogen-bond acceptors (Lipinski definition) is 4. The maximum atomic E-state index is 12.3. The molecule has 18 heavy (non-hydrogen) atoms. The van der Waals surface area contributed by atoms with Crippen molar-refractivity contribution < 1.29 is 8.42 Å². The summed E-state index contributed by atoms with van der Waals surface area (Å²) in [7, 11) is -1.96. The molecule has 0 bridgehead atoms. The molecule has 0 aromatic carbocycles. The van der Waals surface area contributed by atoms with E-state index in [2.05, 4.69) is 42.1 Å². The lowest BCUT2D eigenvalue weighted by Crippen LogP contribution is -2.26. The van der Waals surface area contributed by atoms with Crippen LogP contribution >= 0.6 is 43.2 Å². The minimum Gasteiger partial charge on any atom is -0.285 e. The first-order chi connectivity index (χ1) is 8.41. The van der Waals surface area contributed by atoms with E-state index in [1.54, 1.807) is 25.5 Å². The van der Waals surface area contributed by atoms with Crippen molar-refractivity contribution in [3.63, 3.8) is 0 Å².